The molecule has 2 aliphatic rings. The van der Waals surface area contributed by atoms with Crippen LogP contribution in [0.1, 0.15) is 78.3 Å². The summed E-state index contributed by atoms with van der Waals surface area (Å²) >= 11 is 1.70. The van der Waals surface area contributed by atoms with Gasteiger partial charge in [-0.2, -0.15) is 0 Å². The molecule has 0 spiro atoms. The zero-order chi connectivity index (χ0) is 53.6. The van der Waals surface area contributed by atoms with Crippen LogP contribution in [0.15, 0.2) is 109 Å². The number of thiazole rings is 1. The van der Waals surface area contributed by atoms with Crippen LogP contribution in [-0.2, 0) is 46.3 Å². The lowest BCUT2D eigenvalue weighted by Crippen LogP contribution is -2.54. The predicted octanol–water partition coefficient (Wildman–Crippen LogP) is 8.44. The number of anilines is 3. The normalized spacial score (nSPS) is 14.2. The molecule has 2 atom stereocenters. The molecule has 7 rings (SSSR count). The summed E-state index contributed by atoms with van der Waals surface area (Å²) in [6.07, 6.45) is 7.01. The molecule has 75 heavy (non-hydrogen) atoms. The lowest BCUT2D eigenvalue weighted by Gasteiger charge is -2.35. The average molecular weight is 1040 g/mol. The van der Waals surface area contributed by atoms with Crippen LogP contribution in [-0.4, -0.2) is 124 Å². The number of aryl methyl sites for hydroxylation is 2. The Labute approximate surface area is 446 Å². The van der Waals surface area contributed by atoms with E-state index in [0.29, 0.717) is 100 Å². The van der Waals surface area contributed by atoms with Crippen LogP contribution in [0.4, 0.5) is 17.2 Å². The highest BCUT2D eigenvalue weighted by Crippen LogP contribution is 2.32. The van der Waals surface area contributed by atoms with Gasteiger partial charge in [-0.3, -0.25) is 14.4 Å². The summed E-state index contributed by atoms with van der Waals surface area (Å²) in [5.41, 5.74) is 11.0. The summed E-state index contributed by atoms with van der Waals surface area (Å²) in [5.74, 6) is -0.274. The largest absolute Gasteiger partial charge is 0.379 e. The van der Waals surface area contributed by atoms with Crippen LogP contribution in [0.3, 0.4) is 0 Å². The fraction of sp³-hybridized carbons (Fsp3) is 0.414. The molecular formula is C58H74N8O8S. The van der Waals surface area contributed by atoms with E-state index in [-0.39, 0.29) is 42.3 Å². The maximum absolute atomic E-state index is 13.5. The predicted molar refractivity (Wildman–Crippen MR) is 297 cm³/mol. The second-order valence-corrected chi connectivity index (χ2v) is 20.2. The van der Waals surface area contributed by atoms with Crippen LogP contribution < -0.4 is 26.6 Å². The molecule has 2 unspecified atom stereocenters. The number of likely N-dealkylation sites (tertiary alicyclic amines) is 1. The summed E-state index contributed by atoms with van der Waals surface area (Å²) in [5, 5.41) is 15.6. The lowest BCUT2D eigenvalue weighted by molar-refractivity contribution is -0.138. The van der Waals surface area contributed by atoms with Gasteiger partial charge in [-0.1, -0.05) is 100 Å². The van der Waals surface area contributed by atoms with Crippen LogP contribution in [0, 0.1) is 19.3 Å². The van der Waals surface area contributed by atoms with Gasteiger partial charge in [0, 0.05) is 49.2 Å². The quantitative estimate of drug-likeness (QED) is 0.0249. The topological polar surface area (TPSA) is 194 Å². The van der Waals surface area contributed by atoms with Crippen molar-refractivity contribution in [3.63, 3.8) is 0 Å². The highest BCUT2D eigenvalue weighted by Gasteiger charge is 2.39. The molecule has 17 heteroatoms. The number of pyridine rings is 1. The Morgan fingerprint density at radius 2 is 1.53 bits per heavy atom. The molecule has 5 N–H and O–H groups in total. The number of nitrogens with zero attached hydrogens (tertiary/aromatic N) is 3. The standard InChI is InChI=1S/C46H60N6O8.C12H14N2S/c1-32-11-6-9-15-39(32)50-42-40(51-44(55)38-17-16-34-12-7-8-14-37(34)38)29-35(30-48-42)43(54)47-19-22-58-24-26-60-28-27-59-25-23-57-21-18-33(2)49-41(46(3,4)5)45(56)52-20-10-13-36(52)31-53;1-9-12(15-8-14-9)11-5-3-10(4-6-11)7-13-2/h6-9,11-12,14-15,17,29-31,36,41,49H,2,10,13,16,18-28H2,1,3-5H3,(H,47,54)(H,48,50)(H,51,55);3-6,8,13H,7H2,1-2H3. The number of carbonyl (C=O) groups excluding carboxylic acids is 4. The van der Waals surface area contributed by atoms with E-state index in [4.69, 9.17) is 18.9 Å². The molecule has 0 saturated carbocycles. The van der Waals surface area contributed by atoms with Gasteiger partial charge in [0.15, 0.2) is 5.82 Å². The van der Waals surface area contributed by atoms with E-state index in [9.17, 15) is 19.2 Å². The van der Waals surface area contributed by atoms with Crippen molar-refractivity contribution in [2.75, 3.05) is 83.6 Å². The fourth-order valence-electron chi connectivity index (χ4n) is 8.46. The molecule has 3 amide bonds. The van der Waals surface area contributed by atoms with Gasteiger partial charge >= 0.3 is 0 Å². The summed E-state index contributed by atoms with van der Waals surface area (Å²) in [7, 11) is 1.96. The third-order valence-electron chi connectivity index (χ3n) is 12.6. The number of para-hydroxylation sites is 1. The molecule has 1 aliphatic heterocycles. The van der Waals surface area contributed by atoms with Crippen molar-refractivity contribution < 1.29 is 38.1 Å². The van der Waals surface area contributed by atoms with Crippen molar-refractivity contribution in [2.24, 2.45) is 5.41 Å². The van der Waals surface area contributed by atoms with E-state index < -0.39 is 6.04 Å². The number of benzene rings is 3. The van der Waals surface area contributed by atoms with Crippen molar-refractivity contribution in [3.05, 3.63) is 142 Å². The first-order valence-corrected chi connectivity index (χ1v) is 26.5. The molecule has 0 radical (unpaired) electrons. The first-order valence-electron chi connectivity index (χ1n) is 25.6. The first kappa shape index (κ1) is 57.7. The van der Waals surface area contributed by atoms with Crippen LogP contribution >= 0.6 is 11.3 Å². The van der Waals surface area contributed by atoms with Crippen LogP contribution in [0.2, 0.25) is 0 Å². The van der Waals surface area contributed by atoms with Gasteiger partial charge in [0.25, 0.3) is 11.8 Å². The highest BCUT2D eigenvalue weighted by atomic mass is 32.1. The smallest absolute Gasteiger partial charge is 0.256 e. The van der Waals surface area contributed by atoms with Gasteiger partial charge in [0.2, 0.25) is 5.91 Å². The Hall–Kier alpha value is -6.60. The SMILES string of the molecule is C=C(CCOCCOCCOCCOCCNC(=O)c1cnc(Nc2ccccc2C)c(NC(=O)C2=CCc3ccccc32)c1)NC(C(=O)N1CCCC1C=O)C(C)(C)C.CNCc1ccc(-c2scnc2C)cc1. The Kier molecular flexibility index (Phi) is 22.7. The number of hydrogen-bond acceptors (Lipinski definition) is 14. The Balaban J connectivity index is 0.000000518. The number of hydrogen-bond donors (Lipinski definition) is 5. The number of ether oxygens (including phenoxy) is 4. The van der Waals surface area contributed by atoms with Gasteiger partial charge in [0.05, 0.1) is 86.2 Å². The van der Waals surface area contributed by atoms with Gasteiger partial charge in [0.1, 0.15) is 12.3 Å². The minimum absolute atomic E-state index is 0.0721. The van der Waals surface area contributed by atoms with E-state index in [2.05, 4.69) is 67.4 Å². The number of aldehydes is 1. The zero-order valence-corrected chi connectivity index (χ0v) is 45.1. The summed E-state index contributed by atoms with van der Waals surface area (Å²) in [4.78, 5) is 63.0. The minimum atomic E-state index is -0.489. The Morgan fingerprint density at radius 3 is 2.20 bits per heavy atom. The van der Waals surface area contributed by atoms with Gasteiger partial charge in [-0.25, -0.2) is 9.97 Å². The maximum atomic E-state index is 13.5. The lowest BCUT2D eigenvalue weighted by atomic mass is 9.85. The van der Waals surface area contributed by atoms with E-state index in [0.717, 1.165) is 47.3 Å². The van der Waals surface area contributed by atoms with E-state index >= 15 is 0 Å². The van der Waals surface area contributed by atoms with E-state index in [1.54, 1.807) is 22.3 Å². The van der Waals surface area contributed by atoms with Crippen LogP contribution in [0.25, 0.3) is 16.0 Å². The first-order chi connectivity index (χ1) is 36.3. The molecule has 2 aromatic heterocycles. The minimum Gasteiger partial charge on any atom is -0.379 e. The number of amides is 3. The molecule has 1 fully saturated rings. The molecule has 1 saturated heterocycles. The monoisotopic (exact) mass is 1040 g/mol. The molecule has 400 valence electrons. The number of carbonyl (C=O) groups is 4. The summed E-state index contributed by atoms with van der Waals surface area (Å²) in [6, 6.07) is 25.0. The number of nitrogens with one attached hydrogen (secondary N) is 5. The van der Waals surface area contributed by atoms with Gasteiger partial charge < -0.3 is 55.2 Å². The number of fused-ring (bicyclic) bond motifs is 1. The van der Waals surface area contributed by atoms with Crippen molar-refractivity contribution in [3.8, 4) is 10.4 Å². The number of aromatic nitrogens is 2. The molecular weight excluding hydrogens is 969 g/mol. The van der Waals surface area contributed by atoms with E-state index in [1.165, 1.54) is 22.2 Å². The average Bonchev–Trinajstić information content (AvgIpc) is 4.18. The Morgan fingerprint density at radius 1 is 0.853 bits per heavy atom. The van der Waals surface area contributed by atoms with Gasteiger partial charge in [-0.15, -0.1) is 11.3 Å². The molecule has 1 aliphatic carbocycles. The third kappa shape index (κ3) is 17.5. The van der Waals surface area contributed by atoms with Crippen molar-refractivity contribution in [2.45, 2.75) is 78.9 Å². The van der Waals surface area contributed by atoms with Crippen molar-refractivity contribution in [1.82, 2.24) is 30.8 Å². The van der Waals surface area contributed by atoms with Crippen molar-refractivity contribution >= 4 is 58.1 Å². The van der Waals surface area contributed by atoms with E-state index in [1.807, 2.05) is 102 Å². The molecule has 3 aromatic carbocycles. The molecule has 5 aromatic rings. The molecule has 3 heterocycles. The second kappa shape index (κ2) is 29.5. The van der Waals surface area contributed by atoms with Crippen LogP contribution in [0.5, 0.6) is 0 Å². The summed E-state index contributed by atoms with van der Waals surface area (Å²) in [6.45, 7) is 19.0. The maximum Gasteiger partial charge on any atom is 0.256 e. The highest BCUT2D eigenvalue weighted by molar-refractivity contribution is 7.13. The van der Waals surface area contributed by atoms with Crippen molar-refractivity contribution in [1.29, 1.82) is 0 Å². The number of rotatable bonds is 27. The molecule has 16 nitrogen and oxygen atoms in total. The van der Waals surface area contributed by atoms with Gasteiger partial charge in [-0.05, 0) is 85.5 Å². The fourth-order valence-corrected chi connectivity index (χ4v) is 9.28. The molecule has 0 bridgehead atoms. The zero-order valence-electron chi connectivity index (χ0n) is 44.3. The second-order valence-electron chi connectivity index (χ2n) is 19.4. The Bertz CT molecular complexity index is 2700. The third-order valence-corrected chi connectivity index (χ3v) is 13.6. The number of allylic oxidation sites excluding steroid dienone is 1. The summed E-state index contributed by atoms with van der Waals surface area (Å²) < 4.78 is 22.5.